The molecule has 0 saturated carbocycles. The van der Waals surface area contributed by atoms with Crippen molar-refractivity contribution in [3.63, 3.8) is 0 Å². The van der Waals surface area contributed by atoms with Crippen LogP contribution in [0.2, 0.25) is 0 Å². The van der Waals surface area contributed by atoms with Crippen molar-refractivity contribution in [2.24, 2.45) is 0 Å². The lowest BCUT2D eigenvalue weighted by Gasteiger charge is -2.56. The van der Waals surface area contributed by atoms with Crippen LogP contribution >= 0.6 is 0 Å². The topological polar surface area (TPSA) is 44.8 Å². The van der Waals surface area contributed by atoms with Crippen LogP contribution in [0.25, 0.3) is 0 Å². The van der Waals surface area contributed by atoms with E-state index >= 15 is 0 Å². The first kappa shape index (κ1) is 18.2. The second-order valence-corrected chi connectivity index (χ2v) is 9.47. The van der Waals surface area contributed by atoms with Crippen LogP contribution in [0, 0.1) is 12.7 Å². The molecule has 0 aliphatic carbocycles. The molecule has 5 nitrogen and oxygen atoms in total. The highest BCUT2D eigenvalue weighted by molar-refractivity contribution is 5.76. The van der Waals surface area contributed by atoms with E-state index in [0.717, 1.165) is 57.2 Å². The number of carbonyl (C=O) groups is 1. The Kier molecular flexibility index (Phi) is 4.30. The van der Waals surface area contributed by atoms with Crippen molar-refractivity contribution in [1.29, 1.82) is 0 Å². The zero-order valence-corrected chi connectivity index (χ0v) is 16.8. The monoisotopic (exact) mass is 387 g/mol. The average molecular weight is 387 g/mol. The summed E-state index contributed by atoms with van der Waals surface area (Å²) in [6, 6.07) is 6.18. The van der Waals surface area contributed by atoms with E-state index in [9.17, 15) is 9.18 Å². The lowest BCUT2D eigenvalue weighted by atomic mass is 9.78. The first-order valence-electron chi connectivity index (χ1n) is 10.7. The van der Waals surface area contributed by atoms with Crippen LogP contribution < -0.4 is 10.2 Å². The predicted molar refractivity (Wildman–Crippen MR) is 106 cm³/mol. The van der Waals surface area contributed by atoms with Crippen LogP contribution in [0.4, 0.5) is 14.9 Å². The molecule has 28 heavy (non-hydrogen) atoms. The zero-order valence-electron chi connectivity index (χ0n) is 16.8. The fourth-order valence-corrected chi connectivity index (χ4v) is 5.73. The van der Waals surface area contributed by atoms with E-state index in [-0.39, 0.29) is 17.4 Å². The number of benzene rings is 1. The number of urea groups is 1. The molecule has 0 radical (unpaired) electrons. The highest BCUT2D eigenvalue weighted by Gasteiger charge is 2.50. The van der Waals surface area contributed by atoms with Gasteiger partial charge in [-0.2, -0.15) is 0 Å². The summed E-state index contributed by atoms with van der Waals surface area (Å²) in [5, 5.41) is 3.34. The van der Waals surface area contributed by atoms with Gasteiger partial charge in [-0.05, 0) is 70.1 Å². The van der Waals surface area contributed by atoms with Crippen molar-refractivity contribution in [3.8, 4) is 0 Å². The minimum atomic E-state index is -0.236. The summed E-state index contributed by atoms with van der Waals surface area (Å²) >= 11 is 0. The van der Waals surface area contributed by atoms with Crippen LogP contribution in [-0.4, -0.2) is 53.9 Å². The van der Waals surface area contributed by atoms with Crippen LogP contribution in [0.5, 0.6) is 0 Å². The number of hydrogen-bond acceptors (Lipinski definition) is 3. The zero-order chi connectivity index (χ0) is 19.5. The number of nitrogens with one attached hydrogen (secondary N) is 1. The summed E-state index contributed by atoms with van der Waals surface area (Å²) < 4.78 is 20.3. The molecule has 1 aromatic rings. The van der Waals surface area contributed by atoms with Gasteiger partial charge < -0.3 is 19.9 Å². The highest BCUT2D eigenvalue weighted by Crippen LogP contribution is 2.42. The molecule has 0 unspecified atom stereocenters. The van der Waals surface area contributed by atoms with Gasteiger partial charge >= 0.3 is 6.03 Å². The maximum absolute atomic E-state index is 14.3. The van der Waals surface area contributed by atoms with E-state index < -0.39 is 0 Å². The van der Waals surface area contributed by atoms with Crippen molar-refractivity contribution >= 4 is 11.7 Å². The van der Waals surface area contributed by atoms with Crippen molar-refractivity contribution in [2.75, 3.05) is 18.0 Å². The molecule has 0 spiro atoms. The summed E-state index contributed by atoms with van der Waals surface area (Å²) in [6.07, 6.45) is 6.29. The Bertz CT molecular complexity index is 747. The molecule has 5 aliphatic heterocycles. The Morgan fingerprint density at radius 3 is 2.32 bits per heavy atom. The molecule has 2 amide bonds. The van der Waals surface area contributed by atoms with Crippen LogP contribution in [-0.2, 0) is 4.74 Å². The summed E-state index contributed by atoms with van der Waals surface area (Å²) in [6.45, 7) is 5.54. The van der Waals surface area contributed by atoms with E-state index in [1.807, 2.05) is 19.1 Å². The van der Waals surface area contributed by atoms with Crippen molar-refractivity contribution < 1.29 is 13.9 Å². The maximum atomic E-state index is 14.3. The van der Waals surface area contributed by atoms with Gasteiger partial charge in [0.2, 0.25) is 0 Å². The number of aryl methyl sites for hydroxylation is 1. The Labute approximate surface area is 166 Å². The third kappa shape index (κ3) is 3.15. The number of carbonyl (C=O) groups excluding carboxylic acids is 1. The largest absolute Gasteiger partial charge is 0.375 e. The molecule has 0 atom stereocenters. The lowest BCUT2D eigenvalue weighted by Crippen LogP contribution is -2.67. The number of ether oxygens (including phenoxy) is 1. The van der Waals surface area contributed by atoms with Gasteiger partial charge in [-0.15, -0.1) is 0 Å². The summed E-state index contributed by atoms with van der Waals surface area (Å²) in [5.41, 5.74) is 1.37. The average Bonchev–Trinajstić information content (AvgIpc) is 2.62. The van der Waals surface area contributed by atoms with Gasteiger partial charge in [-0.25, -0.2) is 9.18 Å². The molecule has 6 heteroatoms. The third-order valence-electron chi connectivity index (χ3n) is 7.27. The van der Waals surface area contributed by atoms with Crippen LogP contribution in [0.15, 0.2) is 18.2 Å². The Morgan fingerprint density at radius 1 is 1.14 bits per heavy atom. The van der Waals surface area contributed by atoms with E-state index in [4.69, 9.17) is 4.74 Å². The van der Waals surface area contributed by atoms with E-state index in [1.54, 1.807) is 6.07 Å². The Morgan fingerprint density at radius 2 is 1.75 bits per heavy atom. The van der Waals surface area contributed by atoms with Crippen molar-refractivity contribution in [2.45, 2.75) is 82.2 Å². The number of nitrogens with zero attached hydrogens (tertiary/aromatic N) is 2. The molecular formula is C22H30FN3O2. The standard InChI is InChI=1S/C22H30FN3O2/c1-14-3-4-20(19(23)9-14)25-7-5-22(2,6-8-25)24-21(27)26-15-10-17-12-16(26)13-18(11-15)28-17/h3-4,9,15-18H,5-8,10-13H2,1-2H3,(H,24,27). The number of rotatable bonds is 2. The number of hydrogen-bond donors (Lipinski definition) is 1. The number of amides is 2. The Hall–Kier alpha value is -1.82. The van der Waals surface area contributed by atoms with Gasteiger partial charge in [0.15, 0.2) is 0 Å². The smallest absolute Gasteiger partial charge is 0.318 e. The summed E-state index contributed by atoms with van der Waals surface area (Å²) in [7, 11) is 0. The van der Waals surface area contributed by atoms with E-state index in [1.165, 1.54) is 0 Å². The molecule has 4 bridgehead atoms. The molecular weight excluding hydrogens is 357 g/mol. The molecule has 152 valence electrons. The molecule has 5 aliphatic rings. The minimum absolute atomic E-state index is 0.0891. The molecule has 1 N–H and O–H groups in total. The highest BCUT2D eigenvalue weighted by atomic mass is 19.1. The molecule has 0 aromatic heterocycles. The van der Waals surface area contributed by atoms with Gasteiger partial charge in [0.1, 0.15) is 5.82 Å². The van der Waals surface area contributed by atoms with Gasteiger partial charge in [-0.3, -0.25) is 0 Å². The van der Waals surface area contributed by atoms with Gasteiger partial charge in [0.25, 0.3) is 0 Å². The fraction of sp³-hybridized carbons (Fsp3) is 0.682. The van der Waals surface area contributed by atoms with Crippen molar-refractivity contribution in [3.05, 3.63) is 29.6 Å². The number of piperidine rings is 3. The molecule has 5 fully saturated rings. The predicted octanol–water partition coefficient (Wildman–Crippen LogP) is 3.60. The molecule has 6 rings (SSSR count). The minimum Gasteiger partial charge on any atom is -0.375 e. The summed E-state index contributed by atoms with van der Waals surface area (Å²) in [5.74, 6) is -0.158. The SMILES string of the molecule is Cc1ccc(N2CCC(C)(NC(=O)N3C4CC5CC3CC(C4)O5)CC2)c(F)c1. The maximum Gasteiger partial charge on any atom is 0.318 e. The molecule has 5 saturated heterocycles. The first-order valence-corrected chi connectivity index (χ1v) is 10.7. The van der Waals surface area contributed by atoms with Crippen LogP contribution in [0.1, 0.15) is 51.0 Å². The van der Waals surface area contributed by atoms with Gasteiger partial charge in [0, 0.05) is 30.7 Å². The van der Waals surface area contributed by atoms with Gasteiger partial charge in [-0.1, -0.05) is 6.07 Å². The third-order valence-corrected chi connectivity index (χ3v) is 7.27. The normalized spacial score (nSPS) is 33.2. The van der Waals surface area contributed by atoms with Gasteiger partial charge in [0.05, 0.1) is 17.9 Å². The summed E-state index contributed by atoms with van der Waals surface area (Å²) in [4.78, 5) is 17.4. The fourth-order valence-electron chi connectivity index (χ4n) is 5.73. The second kappa shape index (κ2) is 6.61. The quantitative estimate of drug-likeness (QED) is 0.843. The van der Waals surface area contributed by atoms with Crippen molar-refractivity contribution in [1.82, 2.24) is 10.2 Å². The second-order valence-electron chi connectivity index (χ2n) is 9.47. The number of anilines is 1. The Balaban J connectivity index is 1.22. The van der Waals surface area contributed by atoms with Crippen LogP contribution in [0.3, 0.4) is 0 Å². The lowest BCUT2D eigenvalue weighted by molar-refractivity contribution is -0.168. The molecule has 1 aromatic carbocycles. The van der Waals surface area contributed by atoms with E-state index in [2.05, 4.69) is 22.0 Å². The number of halogens is 1. The van der Waals surface area contributed by atoms with E-state index in [0.29, 0.717) is 30.0 Å². The first-order chi connectivity index (χ1) is 13.4. The molecule has 5 heterocycles.